The first-order chi connectivity index (χ1) is 7.27. The van der Waals surface area contributed by atoms with Gasteiger partial charge in [-0.3, -0.25) is 4.90 Å². The summed E-state index contributed by atoms with van der Waals surface area (Å²) < 4.78 is 5.48. The summed E-state index contributed by atoms with van der Waals surface area (Å²) in [5.74, 6) is 0.867. The zero-order valence-corrected chi connectivity index (χ0v) is 10.7. The molecule has 0 aliphatic carbocycles. The summed E-state index contributed by atoms with van der Waals surface area (Å²) in [5, 5.41) is 0. The van der Waals surface area contributed by atoms with Crippen LogP contribution >= 0.6 is 0 Å². The van der Waals surface area contributed by atoms with E-state index in [1.54, 1.807) is 0 Å². The lowest BCUT2D eigenvalue weighted by atomic mass is 10.0. The van der Waals surface area contributed by atoms with E-state index in [1.807, 2.05) is 0 Å². The van der Waals surface area contributed by atoms with Gasteiger partial charge in [-0.05, 0) is 38.3 Å². The van der Waals surface area contributed by atoms with Crippen LogP contribution in [0.1, 0.15) is 46.5 Å². The molecule has 2 atom stereocenters. The lowest BCUT2D eigenvalue weighted by molar-refractivity contribution is 0.138. The van der Waals surface area contributed by atoms with Crippen molar-refractivity contribution in [2.45, 2.75) is 52.5 Å². The molecule has 2 unspecified atom stereocenters. The maximum Gasteiger partial charge on any atom is 0.0622 e. The summed E-state index contributed by atoms with van der Waals surface area (Å²) in [7, 11) is 0. The molecule has 0 radical (unpaired) electrons. The van der Waals surface area contributed by atoms with Crippen molar-refractivity contribution < 1.29 is 4.74 Å². The second-order valence-electron chi connectivity index (χ2n) is 4.86. The van der Waals surface area contributed by atoms with Gasteiger partial charge in [-0.25, -0.2) is 0 Å². The van der Waals surface area contributed by atoms with Crippen LogP contribution in [0.4, 0.5) is 0 Å². The summed E-state index contributed by atoms with van der Waals surface area (Å²) >= 11 is 0. The van der Waals surface area contributed by atoms with E-state index in [1.165, 1.54) is 38.8 Å². The van der Waals surface area contributed by atoms with Crippen molar-refractivity contribution in [1.82, 2.24) is 4.90 Å². The quantitative estimate of drug-likeness (QED) is 0.645. The standard InChI is InChI=1S/C13H27NO/c1-4-8-14(9-6-12(3)5-2)13-7-10-15-11-13/h12-13H,4-11H2,1-3H3. The van der Waals surface area contributed by atoms with E-state index < -0.39 is 0 Å². The van der Waals surface area contributed by atoms with E-state index >= 15 is 0 Å². The molecule has 1 rings (SSSR count). The fourth-order valence-corrected chi connectivity index (χ4v) is 2.16. The van der Waals surface area contributed by atoms with E-state index in [-0.39, 0.29) is 0 Å². The molecule has 0 aromatic rings. The maximum atomic E-state index is 5.48. The van der Waals surface area contributed by atoms with Crippen LogP contribution in [-0.2, 0) is 4.74 Å². The van der Waals surface area contributed by atoms with Crippen LogP contribution in [0.15, 0.2) is 0 Å². The van der Waals surface area contributed by atoms with Crippen LogP contribution in [0.3, 0.4) is 0 Å². The van der Waals surface area contributed by atoms with Gasteiger partial charge in [0.25, 0.3) is 0 Å². The second-order valence-corrected chi connectivity index (χ2v) is 4.86. The van der Waals surface area contributed by atoms with Gasteiger partial charge < -0.3 is 4.74 Å². The van der Waals surface area contributed by atoms with Crippen LogP contribution in [-0.4, -0.2) is 37.2 Å². The minimum absolute atomic E-state index is 0.703. The zero-order valence-electron chi connectivity index (χ0n) is 10.7. The van der Waals surface area contributed by atoms with Crippen molar-refractivity contribution in [2.24, 2.45) is 5.92 Å². The molecular formula is C13H27NO. The highest BCUT2D eigenvalue weighted by Crippen LogP contribution is 2.15. The third kappa shape index (κ3) is 4.52. The zero-order chi connectivity index (χ0) is 11.1. The summed E-state index contributed by atoms with van der Waals surface area (Å²) in [6.07, 6.45) is 5.14. The van der Waals surface area contributed by atoms with E-state index in [9.17, 15) is 0 Å². The highest BCUT2D eigenvalue weighted by atomic mass is 16.5. The Hall–Kier alpha value is -0.0800. The van der Waals surface area contributed by atoms with Crippen LogP contribution in [0, 0.1) is 5.92 Å². The van der Waals surface area contributed by atoms with Crippen LogP contribution in [0.2, 0.25) is 0 Å². The summed E-state index contributed by atoms with van der Waals surface area (Å²) in [4.78, 5) is 2.64. The molecule has 0 spiro atoms. The second kappa shape index (κ2) is 7.24. The number of hydrogen-bond donors (Lipinski definition) is 0. The largest absolute Gasteiger partial charge is 0.380 e. The minimum Gasteiger partial charge on any atom is -0.380 e. The first-order valence-corrected chi connectivity index (χ1v) is 6.59. The summed E-state index contributed by atoms with van der Waals surface area (Å²) in [6, 6.07) is 0.703. The summed E-state index contributed by atoms with van der Waals surface area (Å²) in [5.41, 5.74) is 0. The van der Waals surface area contributed by atoms with E-state index in [2.05, 4.69) is 25.7 Å². The van der Waals surface area contributed by atoms with E-state index in [0.29, 0.717) is 6.04 Å². The molecule has 1 heterocycles. The number of rotatable bonds is 7. The first kappa shape index (κ1) is 13.0. The van der Waals surface area contributed by atoms with Gasteiger partial charge in [-0.15, -0.1) is 0 Å². The number of hydrogen-bond acceptors (Lipinski definition) is 2. The van der Waals surface area contributed by atoms with Gasteiger partial charge in [0.05, 0.1) is 6.61 Å². The molecule has 0 aromatic heterocycles. The topological polar surface area (TPSA) is 12.5 Å². The molecule has 90 valence electrons. The van der Waals surface area contributed by atoms with Gasteiger partial charge in [0, 0.05) is 12.6 Å². The van der Waals surface area contributed by atoms with Gasteiger partial charge in [0.15, 0.2) is 0 Å². The number of nitrogens with zero attached hydrogens (tertiary/aromatic N) is 1. The van der Waals surface area contributed by atoms with Crippen LogP contribution in [0.5, 0.6) is 0 Å². The van der Waals surface area contributed by atoms with Gasteiger partial charge >= 0.3 is 0 Å². The Balaban J connectivity index is 2.29. The third-order valence-corrected chi connectivity index (χ3v) is 3.54. The van der Waals surface area contributed by atoms with Crippen molar-refractivity contribution in [1.29, 1.82) is 0 Å². The first-order valence-electron chi connectivity index (χ1n) is 6.59. The molecular weight excluding hydrogens is 186 g/mol. The van der Waals surface area contributed by atoms with Gasteiger partial charge in [0.2, 0.25) is 0 Å². The highest BCUT2D eigenvalue weighted by Gasteiger charge is 2.22. The van der Waals surface area contributed by atoms with Crippen LogP contribution < -0.4 is 0 Å². The van der Waals surface area contributed by atoms with Crippen molar-refractivity contribution in [2.75, 3.05) is 26.3 Å². The minimum atomic E-state index is 0.703. The Morgan fingerprint density at radius 1 is 1.33 bits per heavy atom. The molecule has 1 aliphatic heterocycles. The lowest BCUT2D eigenvalue weighted by Gasteiger charge is -2.28. The Bertz CT molecular complexity index is 155. The Morgan fingerprint density at radius 3 is 2.67 bits per heavy atom. The average Bonchev–Trinajstić information content (AvgIpc) is 2.76. The Kier molecular flexibility index (Phi) is 6.26. The maximum absolute atomic E-state index is 5.48. The number of ether oxygens (including phenoxy) is 1. The molecule has 0 amide bonds. The normalized spacial score (nSPS) is 23.6. The predicted octanol–water partition coefficient (Wildman–Crippen LogP) is 2.92. The third-order valence-electron chi connectivity index (χ3n) is 3.54. The molecule has 0 N–H and O–H groups in total. The molecule has 1 saturated heterocycles. The Morgan fingerprint density at radius 2 is 2.13 bits per heavy atom. The van der Waals surface area contributed by atoms with Gasteiger partial charge in [-0.2, -0.15) is 0 Å². The van der Waals surface area contributed by atoms with Gasteiger partial charge in [-0.1, -0.05) is 27.2 Å². The Labute approximate surface area is 95.0 Å². The smallest absolute Gasteiger partial charge is 0.0622 e. The van der Waals surface area contributed by atoms with E-state index in [4.69, 9.17) is 4.74 Å². The van der Waals surface area contributed by atoms with Crippen molar-refractivity contribution in [3.05, 3.63) is 0 Å². The van der Waals surface area contributed by atoms with Crippen molar-refractivity contribution >= 4 is 0 Å². The van der Waals surface area contributed by atoms with Gasteiger partial charge in [0.1, 0.15) is 0 Å². The molecule has 1 fully saturated rings. The molecule has 0 bridgehead atoms. The summed E-state index contributed by atoms with van der Waals surface area (Å²) in [6.45, 7) is 11.3. The lowest BCUT2D eigenvalue weighted by Crippen LogP contribution is -2.37. The predicted molar refractivity (Wildman–Crippen MR) is 65.2 cm³/mol. The molecule has 1 aliphatic rings. The highest BCUT2D eigenvalue weighted by molar-refractivity contribution is 4.75. The fourth-order valence-electron chi connectivity index (χ4n) is 2.16. The van der Waals surface area contributed by atoms with Crippen molar-refractivity contribution in [3.8, 4) is 0 Å². The van der Waals surface area contributed by atoms with Crippen LogP contribution in [0.25, 0.3) is 0 Å². The monoisotopic (exact) mass is 213 g/mol. The molecule has 2 nitrogen and oxygen atoms in total. The SMILES string of the molecule is CCCN(CCC(C)CC)C1CCOC1. The average molecular weight is 213 g/mol. The molecule has 0 saturated carbocycles. The molecule has 0 aromatic carbocycles. The molecule has 15 heavy (non-hydrogen) atoms. The molecule has 2 heteroatoms. The fraction of sp³-hybridized carbons (Fsp3) is 1.00. The van der Waals surface area contributed by atoms with Crippen molar-refractivity contribution in [3.63, 3.8) is 0 Å². The van der Waals surface area contributed by atoms with E-state index in [0.717, 1.165) is 19.1 Å².